The van der Waals surface area contributed by atoms with Crippen LogP contribution in [0.15, 0.2) is 70.9 Å². The third-order valence-corrected chi connectivity index (χ3v) is 7.50. The molecule has 0 atom stereocenters. The van der Waals surface area contributed by atoms with Crippen molar-refractivity contribution < 1.29 is 21.6 Å². The number of hydrogen-bond donors (Lipinski definition) is 2. The second-order valence-corrected chi connectivity index (χ2v) is 11.9. The largest absolute Gasteiger partial charge is 0.348 e. The molecule has 2 N–H and O–H groups in total. The Morgan fingerprint density at radius 3 is 2.10 bits per heavy atom. The fraction of sp³-hybridized carbons (Fsp3) is 0.190. The number of amides is 1. The summed E-state index contributed by atoms with van der Waals surface area (Å²) in [7, 11) is -6.77. The second kappa shape index (κ2) is 9.73. The van der Waals surface area contributed by atoms with Gasteiger partial charge in [0.15, 0.2) is 9.84 Å². The highest BCUT2D eigenvalue weighted by atomic mass is 32.2. The van der Waals surface area contributed by atoms with Gasteiger partial charge in [0, 0.05) is 29.8 Å². The number of rotatable bonds is 9. The van der Waals surface area contributed by atoms with E-state index in [-0.39, 0.29) is 29.6 Å². The van der Waals surface area contributed by atoms with E-state index in [2.05, 4.69) is 10.0 Å². The van der Waals surface area contributed by atoms with Gasteiger partial charge in [-0.1, -0.05) is 30.3 Å². The van der Waals surface area contributed by atoms with E-state index >= 15 is 0 Å². The van der Waals surface area contributed by atoms with E-state index in [4.69, 9.17) is 0 Å². The molecular formula is C21H22N2O5S3. The lowest BCUT2D eigenvalue weighted by Gasteiger charge is -2.08. The molecule has 0 aliphatic rings. The summed E-state index contributed by atoms with van der Waals surface area (Å²) in [6.07, 6.45) is 1.18. The van der Waals surface area contributed by atoms with E-state index < -0.39 is 19.9 Å². The van der Waals surface area contributed by atoms with Gasteiger partial charge in [-0.25, -0.2) is 21.6 Å². The Labute approximate surface area is 186 Å². The highest BCUT2D eigenvalue weighted by molar-refractivity contribution is 7.90. The third kappa shape index (κ3) is 7.00. The molecule has 2 aromatic carbocycles. The van der Waals surface area contributed by atoms with Gasteiger partial charge >= 0.3 is 0 Å². The number of nitrogens with one attached hydrogen (secondary N) is 2. The first-order chi connectivity index (χ1) is 14.6. The normalized spacial score (nSPS) is 11.9. The molecule has 1 heterocycles. The van der Waals surface area contributed by atoms with Gasteiger partial charge in [0.05, 0.1) is 10.6 Å². The molecule has 0 aliphatic heterocycles. The number of thiophene rings is 1. The molecule has 164 valence electrons. The van der Waals surface area contributed by atoms with Gasteiger partial charge in [0.1, 0.15) is 0 Å². The van der Waals surface area contributed by atoms with Gasteiger partial charge in [-0.05, 0) is 46.8 Å². The van der Waals surface area contributed by atoms with Gasteiger partial charge in [-0.2, -0.15) is 0 Å². The first-order valence-electron chi connectivity index (χ1n) is 9.28. The summed E-state index contributed by atoms with van der Waals surface area (Å²) in [5, 5.41) is 4.64. The number of carbonyl (C=O) groups excluding carboxylic acids is 1. The zero-order chi connectivity index (χ0) is 22.5. The van der Waals surface area contributed by atoms with Crippen molar-refractivity contribution in [3.05, 3.63) is 87.6 Å². The van der Waals surface area contributed by atoms with E-state index in [9.17, 15) is 21.6 Å². The molecule has 0 fully saturated rings. The summed E-state index contributed by atoms with van der Waals surface area (Å²) in [4.78, 5) is 13.4. The van der Waals surface area contributed by atoms with Crippen LogP contribution in [0.3, 0.4) is 0 Å². The van der Waals surface area contributed by atoms with Crippen molar-refractivity contribution in [2.45, 2.75) is 23.7 Å². The predicted molar refractivity (Wildman–Crippen MR) is 121 cm³/mol. The Morgan fingerprint density at radius 2 is 1.52 bits per heavy atom. The topological polar surface area (TPSA) is 109 Å². The fourth-order valence-electron chi connectivity index (χ4n) is 2.79. The molecule has 31 heavy (non-hydrogen) atoms. The molecule has 0 unspecified atom stereocenters. The van der Waals surface area contributed by atoms with Crippen molar-refractivity contribution >= 4 is 37.1 Å². The average Bonchev–Trinajstić information content (AvgIpc) is 3.24. The minimum absolute atomic E-state index is 0.0307. The lowest BCUT2D eigenvalue weighted by Crippen LogP contribution is -2.24. The summed E-state index contributed by atoms with van der Waals surface area (Å²) >= 11 is 1.47. The molecule has 0 bridgehead atoms. The van der Waals surface area contributed by atoms with Crippen LogP contribution < -0.4 is 10.0 Å². The molecule has 1 amide bonds. The molecule has 0 radical (unpaired) electrons. The van der Waals surface area contributed by atoms with E-state index in [1.165, 1.54) is 41.9 Å². The standard InChI is InChI=1S/C21H22N2O5S3/c1-30(25,26)15-17-6-4-16(5-7-17)13-22-21(24)18-8-10-20(11-9-18)31(27,28)23-14-19-3-2-12-29-19/h2-12,23H,13-15H2,1H3,(H,22,24). The Morgan fingerprint density at radius 1 is 0.871 bits per heavy atom. The van der Waals surface area contributed by atoms with Gasteiger partial charge < -0.3 is 5.32 Å². The molecule has 0 saturated carbocycles. The maximum Gasteiger partial charge on any atom is 0.251 e. The smallest absolute Gasteiger partial charge is 0.251 e. The summed E-state index contributed by atoms with van der Waals surface area (Å²) in [5.74, 6) is -0.368. The third-order valence-electron chi connectivity index (χ3n) is 4.35. The molecule has 7 nitrogen and oxygen atoms in total. The van der Waals surface area contributed by atoms with Gasteiger partial charge in [-0.3, -0.25) is 4.79 Å². The predicted octanol–water partition coefficient (Wildman–Crippen LogP) is 2.70. The van der Waals surface area contributed by atoms with Crippen molar-refractivity contribution in [1.82, 2.24) is 10.0 Å². The van der Waals surface area contributed by atoms with Crippen molar-refractivity contribution in [1.29, 1.82) is 0 Å². The van der Waals surface area contributed by atoms with Gasteiger partial charge in [-0.15, -0.1) is 11.3 Å². The van der Waals surface area contributed by atoms with Gasteiger partial charge in [0.25, 0.3) is 5.91 Å². The van der Waals surface area contributed by atoms with E-state index in [1.807, 2.05) is 17.5 Å². The highest BCUT2D eigenvalue weighted by Gasteiger charge is 2.15. The molecule has 1 aromatic heterocycles. The lowest BCUT2D eigenvalue weighted by atomic mass is 10.1. The van der Waals surface area contributed by atoms with Crippen LogP contribution in [0.25, 0.3) is 0 Å². The number of benzene rings is 2. The Hall–Kier alpha value is -2.53. The Bertz CT molecular complexity index is 1230. The first-order valence-corrected chi connectivity index (χ1v) is 13.7. The van der Waals surface area contributed by atoms with Crippen LogP contribution in [0, 0.1) is 0 Å². The highest BCUT2D eigenvalue weighted by Crippen LogP contribution is 2.14. The number of carbonyl (C=O) groups is 1. The first kappa shape index (κ1) is 23.1. The molecule has 0 spiro atoms. The zero-order valence-electron chi connectivity index (χ0n) is 16.7. The maximum absolute atomic E-state index is 12.4. The second-order valence-electron chi connectivity index (χ2n) is 7.00. The maximum atomic E-state index is 12.4. The zero-order valence-corrected chi connectivity index (χ0v) is 19.2. The van der Waals surface area contributed by atoms with E-state index in [1.54, 1.807) is 24.3 Å². The van der Waals surface area contributed by atoms with Crippen LogP contribution >= 0.6 is 11.3 Å². The number of sulfonamides is 1. The minimum Gasteiger partial charge on any atom is -0.348 e. The van der Waals surface area contributed by atoms with Crippen LogP contribution in [0.5, 0.6) is 0 Å². The van der Waals surface area contributed by atoms with Crippen LogP contribution in [-0.4, -0.2) is 29.0 Å². The van der Waals surface area contributed by atoms with Crippen LogP contribution in [0.1, 0.15) is 26.4 Å². The van der Waals surface area contributed by atoms with E-state index in [0.29, 0.717) is 11.1 Å². The summed E-state index contributed by atoms with van der Waals surface area (Å²) in [5.41, 5.74) is 1.84. The van der Waals surface area contributed by atoms with Crippen LogP contribution in [0.2, 0.25) is 0 Å². The molecule has 0 aliphatic carbocycles. The Kier molecular flexibility index (Phi) is 7.26. The summed E-state index contributed by atoms with van der Waals surface area (Å²) < 4.78 is 50.0. The summed E-state index contributed by atoms with van der Waals surface area (Å²) in [6, 6.07) is 16.4. The molecule has 0 saturated heterocycles. The monoisotopic (exact) mass is 478 g/mol. The lowest BCUT2D eigenvalue weighted by molar-refractivity contribution is 0.0951. The van der Waals surface area contributed by atoms with Gasteiger partial charge in [0.2, 0.25) is 10.0 Å². The molecule has 3 aromatic rings. The molecule has 3 rings (SSSR count). The quantitative estimate of drug-likeness (QED) is 0.491. The van der Waals surface area contributed by atoms with Crippen molar-refractivity contribution in [2.75, 3.05) is 6.26 Å². The van der Waals surface area contributed by atoms with Crippen LogP contribution in [-0.2, 0) is 38.7 Å². The number of hydrogen-bond acceptors (Lipinski definition) is 6. The van der Waals surface area contributed by atoms with Crippen LogP contribution in [0.4, 0.5) is 0 Å². The van der Waals surface area contributed by atoms with E-state index in [0.717, 1.165) is 10.4 Å². The summed E-state index contributed by atoms with van der Waals surface area (Å²) in [6.45, 7) is 0.478. The van der Waals surface area contributed by atoms with Crippen molar-refractivity contribution in [3.63, 3.8) is 0 Å². The SMILES string of the molecule is CS(=O)(=O)Cc1ccc(CNC(=O)c2ccc(S(=O)(=O)NCc3cccs3)cc2)cc1. The van der Waals surface area contributed by atoms with Crippen molar-refractivity contribution in [3.8, 4) is 0 Å². The minimum atomic E-state index is -3.67. The fourth-order valence-corrected chi connectivity index (χ4v) is 5.33. The van der Waals surface area contributed by atoms with Crippen molar-refractivity contribution in [2.24, 2.45) is 0 Å². The average molecular weight is 479 g/mol. The molecule has 10 heteroatoms. The Balaban J connectivity index is 1.56. The number of sulfone groups is 1. The molecular weight excluding hydrogens is 456 g/mol.